The topological polar surface area (TPSA) is 155 Å². The molecule has 0 saturated carbocycles. The maximum absolute atomic E-state index is 13.2. The molecule has 0 bridgehead atoms. The Bertz CT molecular complexity index is 1560. The van der Waals surface area contributed by atoms with Gasteiger partial charge in [-0.15, -0.1) is 0 Å². The van der Waals surface area contributed by atoms with Crippen LogP contribution in [0.3, 0.4) is 0 Å². The van der Waals surface area contributed by atoms with Crippen LogP contribution in [-0.2, 0) is 21.2 Å². The fraction of sp³-hybridized carbons (Fsp3) is 0.310. The van der Waals surface area contributed by atoms with Gasteiger partial charge < -0.3 is 24.1 Å². The number of hydrogen-bond acceptors (Lipinski definition) is 11. The van der Waals surface area contributed by atoms with Crippen LogP contribution in [0.2, 0.25) is 0 Å². The van der Waals surface area contributed by atoms with Gasteiger partial charge in [-0.05, 0) is 44.2 Å². The number of aliphatic hydroxyl groups excluding tert-OH is 1. The molecule has 0 spiro atoms. The molecule has 0 fully saturated rings. The van der Waals surface area contributed by atoms with Crippen molar-refractivity contribution in [3.63, 3.8) is 0 Å². The maximum atomic E-state index is 13.2. The SMILES string of the molecule is COc1ccccc1Oc1c(CC(C)(C)NS(=O)(=O)c2ccccc2)nc(-c2ncccn2)nc1OCCOCCO. The van der Waals surface area contributed by atoms with Gasteiger partial charge in [0.1, 0.15) is 6.61 Å². The second-order valence-electron chi connectivity index (χ2n) is 9.62. The lowest BCUT2D eigenvalue weighted by molar-refractivity contribution is 0.0688. The Kier molecular flexibility index (Phi) is 10.4. The lowest BCUT2D eigenvalue weighted by atomic mass is 9.99. The highest BCUT2D eigenvalue weighted by molar-refractivity contribution is 7.89. The first kappa shape index (κ1) is 30.8. The molecule has 2 aromatic carbocycles. The fourth-order valence-corrected chi connectivity index (χ4v) is 5.40. The third-order valence-corrected chi connectivity index (χ3v) is 7.44. The van der Waals surface area contributed by atoms with Crippen LogP contribution < -0.4 is 18.9 Å². The van der Waals surface area contributed by atoms with Crippen LogP contribution in [0.4, 0.5) is 0 Å². The Morgan fingerprint density at radius 3 is 2.24 bits per heavy atom. The van der Waals surface area contributed by atoms with Gasteiger partial charge in [-0.25, -0.2) is 28.1 Å². The fourth-order valence-electron chi connectivity index (χ4n) is 3.96. The molecule has 0 radical (unpaired) electrons. The lowest BCUT2D eigenvalue weighted by Gasteiger charge is -2.27. The second kappa shape index (κ2) is 14.1. The zero-order chi connectivity index (χ0) is 30.0. The third kappa shape index (κ3) is 8.19. The summed E-state index contributed by atoms with van der Waals surface area (Å²) in [6.45, 7) is 3.77. The van der Waals surface area contributed by atoms with E-state index in [1.165, 1.54) is 19.2 Å². The van der Waals surface area contributed by atoms with Crippen molar-refractivity contribution < 1.29 is 32.5 Å². The Hall–Kier alpha value is -4.17. The molecule has 2 heterocycles. The van der Waals surface area contributed by atoms with Crippen LogP contribution in [-0.4, -0.2) is 72.5 Å². The zero-order valence-corrected chi connectivity index (χ0v) is 24.4. The van der Waals surface area contributed by atoms with Gasteiger partial charge in [0.05, 0.1) is 37.5 Å². The van der Waals surface area contributed by atoms with Crippen molar-refractivity contribution in [3.8, 4) is 34.8 Å². The molecule has 0 aliphatic rings. The molecule has 0 saturated heterocycles. The molecule has 4 rings (SSSR count). The van der Waals surface area contributed by atoms with E-state index in [9.17, 15) is 8.42 Å². The van der Waals surface area contributed by atoms with Gasteiger partial charge in [0, 0.05) is 24.4 Å². The Balaban J connectivity index is 1.78. The summed E-state index contributed by atoms with van der Waals surface area (Å²) in [4.78, 5) is 18.0. The average Bonchev–Trinajstić information content (AvgIpc) is 2.98. The third-order valence-electron chi connectivity index (χ3n) is 5.73. The highest BCUT2D eigenvalue weighted by Crippen LogP contribution is 2.39. The molecule has 0 amide bonds. The van der Waals surface area contributed by atoms with Crippen LogP contribution in [0.5, 0.6) is 23.1 Å². The second-order valence-corrected chi connectivity index (χ2v) is 11.3. The average molecular weight is 596 g/mol. The van der Waals surface area contributed by atoms with E-state index >= 15 is 0 Å². The standard InChI is InChI=1S/C29H33N5O7S/c1-29(2,34-42(36,37)21-10-5-4-6-11-21)20-22-25(41-24-13-8-7-12-23(24)38-3)28(40-19-18-39-17-16-35)33-27(32-22)26-30-14-9-15-31-26/h4-15,34-35H,16-20H2,1-3H3. The first-order chi connectivity index (χ1) is 20.2. The molecule has 42 heavy (non-hydrogen) atoms. The molecule has 222 valence electrons. The summed E-state index contributed by atoms with van der Waals surface area (Å²) in [5.41, 5.74) is -0.705. The summed E-state index contributed by atoms with van der Waals surface area (Å²) in [6, 6.07) is 16.8. The van der Waals surface area contributed by atoms with Gasteiger partial charge in [-0.1, -0.05) is 30.3 Å². The molecule has 2 aromatic heterocycles. The molecule has 0 unspecified atom stereocenters. The molecule has 0 aliphatic carbocycles. The van der Waals surface area contributed by atoms with E-state index in [0.29, 0.717) is 17.2 Å². The highest BCUT2D eigenvalue weighted by atomic mass is 32.2. The minimum absolute atomic E-state index is 0.0719. The molecule has 12 nitrogen and oxygen atoms in total. The molecule has 13 heteroatoms. The number of aliphatic hydroxyl groups is 1. The molecular formula is C29H33N5O7S. The van der Waals surface area contributed by atoms with Gasteiger partial charge in [0.25, 0.3) is 5.88 Å². The van der Waals surface area contributed by atoms with Crippen molar-refractivity contribution in [2.75, 3.05) is 33.5 Å². The number of nitrogens with zero attached hydrogens (tertiary/aromatic N) is 4. The van der Waals surface area contributed by atoms with Crippen molar-refractivity contribution in [3.05, 3.63) is 78.8 Å². The molecule has 0 atom stereocenters. The summed E-state index contributed by atoms with van der Waals surface area (Å²) >= 11 is 0. The van der Waals surface area contributed by atoms with Crippen molar-refractivity contribution >= 4 is 10.0 Å². The van der Waals surface area contributed by atoms with Crippen molar-refractivity contribution in [1.82, 2.24) is 24.7 Å². The predicted molar refractivity (Wildman–Crippen MR) is 154 cm³/mol. The van der Waals surface area contributed by atoms with Crippen LogP contribution in [0, 0.1) is 0 Å². The van der Waals surface area contributed by atoms with Crippen molar-refractivity contribution in [1.29, 1.82) is 0 Å². The summed E-state index contributed by atoms with van der Waals surface area (Å²) < 4.78 is 52.3. The maximum Gasteiger partial charge on any atom is 0.261 e. The molecule has 2 N–H and O–H groups in total. The van der Waals surface area contributed by atoms with E-state index < -0.39 is 15.6 Å². The summed E-state index contributed by atoms with van der Waals surface area (Å²) in [5, 5.41) is 9.02. The minimum atomic E-state index is -3.86. The number of nitrogens with one attached hydrogen (secondary N) is 1. The van der Waals surface area contributed by atoms with E-state index in [1.807, 2.05) is 0 Å². The number of rotatable bonds is 15. The van der Waals surface area contributed by atoms with E-state index in [-0.39, 0.29) is 61.0 Å². The number of benzene rings is 2. The quantitative estimate of drug-likeness (QED) is 0.194. The number of para-hydroxylation sites is 2. The lowest BCUT2D eigenvalue weighted by Crippen LogP contribution is -2.45. The number of sulfonamides is 1. The monoisotopic (exact) mass is 595 g/mol. The smallest absolute Gasteiger partial charge is 0.261 e. The first-order valence-corrected chi connectivity index (χ1v) is 14.6. The molecule has 4 aromatic rings. The predicted octanol–water partition coefficient (Wildman–Crippen LogP) is 3.42. The minimum Gasteiger partial charge on any atom is -0.493 e. The molecular weight excluding hydrogens is 562 g/mol. The largest absolute Gasteiger partial charge is 0.493 e. The number of ether oxygens (including phenoxy) is 4. The van der Waals surface area contributed by atoms with Crippen molar-refractivity contribution in [2.24, 2.45) is 0 Å². The number of methoxy groups -OCH3 is 1. The molecule has 0 aliphatic heterocycles. The van der Waals surface area contributed by atoms with Gasteiger partial charge in [-0.3, -0.25) is 0 Å². The summed E-state index contributed by atoms with van der Waals surface area (Å²) in [5.74, 6) is 1.46. The van der Waals surface area contributed by atoms with E-state index in [1.54, 1.807) is 74.8 Å². The van der Waals surface area contributed by atoms with Gasteiger partial charge in [0.2, 0.25) is 21.6 Å². The van der Waals surface area contributed by atoms with Gasteiger partial charge in [0.15, 0.2) is 17.3 Å². The Labute approximate surface area is 244 Å². The van der Waals surface area contributed by atoms with Gasteiger partial charge in [-0.2, -0.15) is 4.98 Å². The van der Waals surface area contributed by atoms with E-state index in [2.05, 4.69) is 19.7 Å². The van der Waals surface area contributed by atoms with Crippen LogP contribution in [0.15, 0.2) is 78.0 Å². The highest BCUT2D eigenvalue weighted by Gasteiger charge is 2.31. The van der Waals surface area contributed by atoms with Crippen LogP contribution in [0.25, 0.3) is 11.6 Å². The number of aromatic nitrogens is 4. The van der Waals surface area contributed by atoms with Crippen molar-refractivity contribution in [2.45, 2.75) is 30.7 Å². The summed E-state index contributed by atoms with van der Waals surface area (Å²) in [7, 11) is -2.34. The zero-order valence-electron chi connectivity index (χ0n) is 23.6. The number of hydrogen-bond donors (Lipinski definition) is 2. The van der Waals surface area contributed by atoms with Gasteiger partial charge >= 0.3 is 0 Å². The van der Waals surface area contributed by atoms with E-state index in [4.69, 9.17) is 29.0 Å². The Morgan fingerprint density at radius 1 is 0.857 bits per heavy atom. The van der Waals surface area contributed by atoms with Crippen LogP contribution in [0.1, 0.15) is 19.5 Å². The van der Waals surface area contributed by atoms with E-state index in [0.717, 1.165) is 0 Å². The Morgan fingerprint density at radius 2 is 1.55 bits per heavy atom. The van der Waals surface area contributed by atoms with Crippen LogP contribution >= 0.6 is 0 Å². The normalized spacial score (nSPS) is 11.7. The summed E-state index contributed by atoms with van der Waals surface area (Å²) in [6.07, 6.45) is 3.20. The first-order valence-electron chi connectivity index (χ1n) is 13.1.